The number of ether oxygens (including phenoxy) is 1. The third-order valence-corrected chi connectivity index (χ3v) is 6.48. The number of anilines is 1. The van der Waals surface area contributed by atoms with Gasteiger partial charge < -0.3 is 4.74 Å². The normalized spacial score (nSPS) is 21.2. The predicted molar refractivity (Wildman–Crippen MR) is 129 cm³/mol. The van der Waals surface area contributed by atoms with Gasteiger partial charge in [0.25, 0.3) is 5.91 Å². The molecule has 0 saturated carbocycles. The minimum absolute atomic E-state index is 0.161. The number of nitriles is 1. The highest BCUT2D eigenvalue weighted by Crippen LogP contribution is 2.42. The lowest BCUT2D eigenvalue weighted by atomic mass is 9.90. The Bertz CT molecular complexity index is 1080. The number of nitrogens with zero attached hydrogens (tertiary/aromatic N) is 4. The molecule has 2 unspecified atom stereocenters. The van der Waals surface area contributed by atoms with Gasteiger partial charge in [0, 0.05) is 18.1 Å². The van der Waals surface area contributed by atoms with Crippen molar-refractivity contribution in [2.24, 2.45) is 11.0 Å². The average Bonchev–Trinajstić information content (AvgIpc) is 3.01. The number of benzene rings is 2. The van der Waals surface area contributed by atoms with Crippen LogP contribution in [-0.4, -0.2) is 36.8 Å². The van der Waals surface area contributed by atoms with E-state index in [9.17, 15) is 10.1 Å². The molecule has 9 heteroatoms. The summed E-state index contributed by atoms with van der Waals surface area (Å²) in [6, 6.07) is 14.2. The summed E-state index contributed by atoms with van der Waals surface area (Å²) in [5.41, 5.74) is 4.51. The molecule has 0 bridgehead atoms. The third kappa shape index (κ3) is 5.09. The van der Waals surface area contributed by atoms with Gasteiger partial charge in [0.2, 0.25) is 0 Å². The number of hydrogen-bond acceptors (Lipinski definition) is 6. The van der Waals surface area contributed by atoms with Gasteiger partial charge in [0.1, 0.15) is 17.4 Å². The van der Waals surface area contributed by atoms with E-state index in [2.05, 4.69) is 16.6 Å². The number of nitrogens with one attached hydrogen (secondary N) is 1. The quantitative estimate of drug-likeness (QED) is 0.646. The molecule has 0 spiro atoms. The molecule has 2 aliphatic rings. The summed E-state index contributed by atoms with van der Waals surface area (Å²) in [6.45, 7) is 1.57. The molecule has 33 heavy (non-hydrogen) atoms. The van der Waals surface area contributed by atoms with Crippen molar-refractivity contribution >= 4 is 40.5 Å². The van der Waals surface area contributed by atoms with Crippen LogP contribution in [0.15, 0.2) is 47.6 Å². The van der Waals surface area contributed by atoms with Gasteiger partial charge in [-0.05, 0) is 48.7 Å². The van der Waals surface area contributed by atoms with Crippen molar-refractivity contribution in [3.63, 3.8) is 0 Å². The van der Waals surface area contributed by atoms with E-state index in [-0.39, 0.29) is 11.6 Å². The number of rotatable bonds is 5. The lowest BCUT2D eigenvalue weighted by molar-refractivity contribution is -0.119. The summed E-state index contributed by atoms with van der Waals surface area (Å²) < 4.78 is 5.27. The van der Waals surface area contributed by atoms with E-state index in [1.54, 1.807) is 30.3 Å². The molecular formula is C24H25Cl2N5O2. The van der Waals surface area contributed by atoms with Crippen LogP contribution in [0.4, 0.5) is 5.69 Å². The van der Waals surface area contributed by atoms with Crippen LogP contribution in [0.25, 0.3) is 0 Å². The molecule has 0 aromatic heterocycles. The Labute approximate surface area is 203 Å². The molecule has 7 nitrogen and oxygen atoms in total. The van der Waals surface area contributed by atoms with Crippen LogP contribution in [0.5, 0.6) is 5.75 Å². The van der Waals surface area contributed by atoms with Crippen LogP contribution in [-0.2, 0) is 4.79 Å². The largest absolute Gasteiger partial charge is 0.497 e. The highest BCUT2D eigenvalue weighted by Gasteiger charge is 2.43. The lowest BCUT2D eigenvalue weighted by Gasteiger charge is -2.26. The van der Waals surface area contributed by atoms with Gasteiger partial charge in [-0.2, -0.15) is 10.4 Å². The second-order valence-corrected chi connectivity index (χ2v) is 8.94. The molecule has 2 aliphatic heterocycles. The van der Waals surface area contributed by atoms with Crippen LogP contribution in [0.1, 0.15) is 37.3 Å². The maximum Gasteiger partial charge on any atom is 0.283 e. The van der Waals surface area contributed by atoms with Gasteiger partial charge in [-0.15, -0.1) is 0 Å². The Morgan fingerprint density at radius 2 is 1.82 bits per heavy atom. The summed E-state index contributed by atoms with van der Waals surface area (Å²) in [5, 5.41) is 19.2. The van der Waals surface area contributed by atoms with E-state index in [0.29, 0.717) is 21.5 Å². The summed E-state index contributed by atoms with van der Waals surface area (Å²) in [5.74, 6) is -0.465. The van der Waals surface area contributed by atoms with Gasteiger partial charge in [0.05, 0.1) is 29.9 Å². The monoisotopic (exact) mass is 485 g/mol. The van der Waals surface area contributed by atoms with E-state index < -0.39 is 12.0 Å². The van der Waals surface area contributed by atoms with Gasteiger partial charge >= 0.3 is 0 Å². The van der Waals surface area contributed by atoms with Gasteiger partial charge in [-0.1, -0.05) is 48.2 Å². The topological polar surface area (TPSA) is 81.0 Å². The number of hydrazone groups is 1. The van der Waals surface area contributed by atoms with Crippen LogP contribution in [0.3, 0.4) is 0 Å². The minimum atomic E-state index is -0.794. The Kier molecular flexibility index (Phi) is 7.39. The molecule has 1 N–H and O–H groups in total. The molecule has 1 saturated heterocycles. The number of hydrazine groups is 1. The highest BCUT2D eigenvalue weighted by molar-refractivity contribution is 6.41. The van der Waals surface area contributed by atoms with Gasteiger partial charge in [-0.25, -0.2) is 5.01 Å². The first-order valence-electron chi connectivity index (χ1n) is 10.9. The van der Waals surface area contributed by atoms with E-state index in [1.807, 2.05) is 29.3 Å². The molecule has 2 aromatic rings. The van der Waals surface area contributed by atoms with Gasteiger partial charge in [0.15, 0.2) is 0 Å². The smallest absolute Gasteiger partial charge is 0.283 e. The van der Waals surface area contributed by atoms with Crippen molar-refractivity contribution in [3.05, 3.63) is 58.1 Å². The molecule has 4 rings (SSSR count). The van der Waals surface area contributed by atoms with E-state index >= 15 is 0 Å². The molecule has 2 atom stereocenters. The average molecular weight is 486 g/mol. The fourth-order valence-corrected chi connectivity index (χ4v) is 4.73. The zero-order valence-electron chi connectivity index (χ0n) is 18.3. The molecule has 1 fully saturated rings. The maximum atomic E-state index is 13.3. The van der Waals surface area contributed by atoms with Crippen molar-refractivity contribution in [1.29, 1.82) is 5.26 Å². The third-order valence-electron chi connectivity index (χ3n) is 5.94. The second-order valence-electron chi connectivity index (χ2n) is 8.09. The SMILES string of the molecule is COc1ccc(C2C(C#N)C(C(=O)NN3CCCCCC3)=NN2c2ccc(Cl)cc2Cl)cc1. The number of methoxy groups -OCH3 is 1. The first-order valence-corrected chi connectivity index (χ1v) is 11.7. The summed E-state index contributed by atoms with van der Waals surface area (Å²) in [7, 11) is 1.59. The van der Waals surface area contributed by atoms with E-state index in [0.717, 1.165) is 44.3 Å². The Morgan fingerprint density at radius 3 is 2.42 bits per heavy atom. The lowest BCUT2D eigenvalue weighted by Crippen LogP contribution is -2.46. The summed E-state index contributed by atoms with van der Waals surface area (Å²) >= 11 is 12.6. The van der Waals surface area contributed by atoms with Crippen LogP contribution >= 0.6 is 23.2 Å². The van der Waals surface area contributed by atoms with Crippen molar-refractivity contribution < 1.29 is 9.53 Å². The Hall–Kier alpha value is -2.79. The fourth-order valence-electron chi connectivity index (χ4n) is 4.24. The summed E-state index contributed by atoms with van der Waals surface area (Å²) in [4.78, 5) is 13.3. The molecule has 0 aliphatic carbocycles. The fraction of sp³-hybridized carbons (Fsp3) is 0.375. The second kappa shape index (κ2) is 10.4. The molecular weight excluding hydrogens is 461 g/mol. The number of carbonyl (C=O) groups excluding carboxylic acids is 1. The van der Waals surface area contributed by atoms with E-state index in [1.165, 1.54) is 0 Å². The van der Waals surface area contributed by atoms with Crippen LogP contribution in [0.2, 0.25) is 10.0 Å². The first kappa shape index (κ1) is 23.4. The molecule has 1 amide bonds. The van der Waals surface area contributed by atoms with Crippen molar-refractivity contribution in [2.75, 3.05) is 25.2 Å². The van der Waals surface area contributed by atoms with Crippen molar-refractivity contribution in [3.8, 4) is 11.8 Å². The molecule has 172 valence electrons. The van der Waals surface area contributed by atoms with E-state index in [4.69, 9.17) is 27.9 Å². The minimum Gasteiger partial charge on any atom is -0.497 e. The standard InChI is InChI=1S/C24H25Cl2N5O2/c1-33-18-9-6-16(7-10-18)23-19(15-27)22(24(32)29-30-12-4-2-3-5-13-30)28-31(23)21-11-8-17(25)14-20(21)26/h6-11,14,19,23H,2-5,12-13H2,1H3,(H,29,32). The van der Waals surface area contributed by atoms with Crippen LogP contribution < -0.4 is 15.2 Å². The van der Waals surface area contributed by atoms with Crippen molar-refractivity contribution in [1.82, 2.24) is 10.4 Å². The predicted octanol–water partition coefficient (Wildman–Crippen LogP) is 4.97. The Morgan fingerprint density at radius 1 is 1.12 bits per heavy atom. The first-order chi connectivity index (χ1) is 16.0. The number of hydrogen-bond donors (Lipinski definition) is 1. The van der Waals surface area contributed by atoms with Gasteiger partial charge in [-0.3, -0.25) is 15.2 Å². The summed E-state index contributed by atoms with van der Waals surface area (Å²) in [6.07, 6.45) is 4.35. The number of amides is 1. The number of carbonyl (C=O) groups is 1. The molecule has 2 heterocycles. The zero-order valence-corrected chi connectivity index (χ0v) is 19.8. The highest BCUT2D eigenvalue weighted by atomic mass is 35.5. The van der Waals surface area contributed by atoms with Crippen molar-refractivity contribution in [2.45, 2.75) is 31.7 Å². The maximum absolute atomic E-state index is 13.3. The molecule has 2 aromatic carbocycles. The molecule has 0 radical (unpaired) electrons. The number of halogens is 2. The Balaban J connectivity index is 1.71. The zero-order chi connectivity index (χ0) is 23.4. The van der Waals surface area contributed by atoms with Crippen LogP contribution in [0, 0.1) is 17.2 Å².